The van der Waals surface area contributed by atoms with Gasteiger partial charge in [-0.05, 0) is 43.7 Å². The summed E-state index contributed by atoms with van der Waals surface area (Å²) >= 11 is 0. The fraction of sp³-hybridized carbons (Fsp3) is 0.200. The molecular weight excluding hydrogens is 228 g/mol. The molecule has 0 fully saturated rings. The normalized spacial score (nSPS) is 11.2. The van der Waals surface area contributed by atoms with Crippen molar-refractivity contribution in [1.82, 2.24) is 0 Å². The van der Waals surface area contributed by atoms with Crippen molar-refractivity contribution in [1.29, 1.82) is 0 Å². The van der Waals surface area contributed by atoms with Gasteiger partial charge < -0.3 is 14.9 Å². The summed E-state index contributed by atoms with van der Waals surface area (Å²) in [6, 6.07) is 13.6. The number of phenols is 2. The van der Waals surface area contributed by atoms with E-state index in [9.17, 15) is 10.2 Å². The van der Waals surface area contributed by atoms with E-state index in [1.54, 1.807) is 42.5 Å². The van der Waals surface area contributed by atoms with Crippen molar-refractivity contribution in [3.63, 3.8) is 0 Å². The summed E-state index contributed by atoms with van der Waals surface area (Å²) in [7, 11) is 0. The molecule has 94 valence electrons. The molecule has 0 atom stereocenters. The maximum absolute atomic E-state index is 9.49. The third kappa shape index (κ3) is 2.74. The molecule has 0 aromatic heterocycles. The summed E-state index contributed by atoms with van der Waals surface area (Å²) in [6.45, 7) is 3.82. The van der Waals surface area contributed by atoms with Crippen molar-refractivity contribution in [2.24, 2.45) is 0 Å². The average Bonchev–Trinajstić information content (AvgIpc) is 2.28. The predicted molar refractivity (Wildman–Crippen MR) is 69.9 cm³/mol. The van der Waals surface area contributed by atoms with E-state index < -0.39 is 5.60 Å². The number of benzene rings is 2. The number of rotatable bonds is 3. The van der Waals surface area contributed by atoms with Crippen LogP contribution in [0.2, 0.25) is 0 Å². The van der Waals surface area contributed by atoms with E-state index in [0.717, 1.165) is 5.56 Å². The predicted octanol–water partition coefficient (Wildman–Crippen LogP) is 3.41. The van der Waals surface area contributed by atoms with Crippen LogP contribution in [0.25, 0.3) is 0 Å². The van der Waals surface area contributed by atoms with Gasteiger partial charge in [-0.15, -0.1) is 0 Å². The van der Waals surface area contributed by atoms with Gasteiger partial charge in [0.2, 0.25) is 0 Å². The standard InChI is InChI=1S/C15H16O3/c1-15(2,11-5-3-6-12(16)9-11)18-14-8-4-7-13(17)10-14/h3-10,16-17H,1-2H3. The molecule has 0 amide bonds. The lowest BCUT2D eigenvalue weighted by Crippen LogP contribution is -2.25. The molecular formula is C15H16O3. The zero-order valence-electron chi connectivity index (χ0n) is 10.4. The second kappa shape index (κ2) is 4.61. The van der Waals surface area contributed by atoms with E-state index in [1.807, 2.05) is 19.9 Å². The van der Waals surface area contributed by atoms with Crippen LogP contribution in [-0.4, -0.2) is 10.2 Å². The van der Waals surface area contributed by atoms with Crippen LogP contribution in [0.5, 0.6) is 17.2 Å². The summed E-state index contributed by atoms with van der Waals surface area (Å²) in [5.41, 5.74) is 0.276. The van der Waals surface area contributed by atoms with Crippen LogP contribution < -0.4 is 4.74 Å². The first kappa shape index (κ1) is 12.3. The van der Waals surface area contributed by atoms with E-state index in [2.05, 4.69) is 0 Å². The molecule has 0 aliphatic carbocycles. The van der Waals surface area contributed by atoms with Crippen molar-refractivity contribution in [3.8, 4) is 17.2 Å². The zero-order chi connectivity index (χ0) is 13.2. The molecule has 2 rings (SSSR count). The highest BCUT2D eigenvalue weighted by atomic mass is 16.5. The van der Waals surface area contributed by atoms with Crippen molar-refractivity contribution < 1.29 is 14.9 Å². The van der Waals surface area contributed by atoms with Crippen LogP contribution in [0.1, 0.15) is 19.4 Å². The Morgan fingerprint density at radius 1 is 0.889 bits per heavy atom. The minimum absolute atomic E-state index is 0.166. The van der Waals surface area contributed by atoms with E-state index in [-0.39, 0.29) is 11.5 Å². The fourth-order valence-corrected chi connectivity index (χ4v) is 1.78. The summed E-state index contributed by atoms with van der Waals surface area (Å²) < 4.78 is 5.85. The van der Waals surface area contributed by atoms with E-state index >= 15 is 0 Å². The average molecular weight is 244 g/mol. The Morgan fingerprint density at radius 3 is 2.11 bits per heavy atom. The van der Waals surface area contributed by atoms with Crippen molar-refractivity contribution >= 4 is 0 Å². The maximum atomic E-state index is 9.49. The SMILES string of the molecule is CC(C)(Oc1cccc(O)c1)c1cccc(O)c1. The lowest BCUT2D eigenvalue weighted by atomic mass is 9.98. The van der Waals surface area contributed by atoms with Crippen molar-refractivity contribution in [2.45, 2.75) is 19.4 Å². The van der Waals surface area contributed by atoms with E-state index in [1.165, 1.54) is 0 Å². The van der Waals surface area contributed by atoms with Gasteiger partial charge in [0.05, 0.1) is 0 Å². The smallest absolute Gasteiger partial charge is 0.129 e. The molecule has 0 radical (unpaired) electrons. The number of hydrogen-bond acceptors (Lipinski definition) is 3. The number of hydrogen-bond donors (Lipinski definition) is 2. The van der Waals surface area contributed by atoms with Crippen molar-refractivity contribution in [3.05, 3.63) is 54.1 Å². The van der Waals surface area contributed by atoms with Gasteiger partial charge in [-0.3, -0.25) is 0 Å². The molecule has 0 bridgehead atoms. The maximum Gasteiger partial charge on any atom is 0.129 e. The van der Waals surface area contributed by atoms with Gasteiger partial charge in [0.25, 0.3) is 0 Å². The van der Waals surface area contributed by atoms with E-state index in [4.69, 9.17) is 4.74 Å². The molecule has 0 aliphatic heterocycles. The highest BCUT2D eigenvalue weighted by molar-refractivity contribution is 5.35. The molecule has 2 aromatic rings. The highest BCUT2D eigenvalue weighted by Gasteiger charge is 2.23. The lowest BCUT2D eigenvalue weighted by Gasteiger charge is -2.27. The molecule has 18 heavy (non-hydrogen) atoms. The molecule has 3 nitrogen and oxygen atoms in total. The summed E-state index contributed by atoms with van der Waals surface area (Å²) in [5.74, 6) is 0.961. The topological polar surface area (TPSA) is 49.7 Å². The third-order valence-corrected chi connectivity index (χ3v) is 2.73. The summed E-state index contributed by atoms with van der Waals surface area (Å²) in [4.78, 5) is 0. The first-order valence-electron chi connectivity index (χ1n) is 5.75. The van der Waals surface area contributed by atoms with Gasteiger partial charge >= 0.3 is 0 Å². The minimum atomic E-state index is -0.591. The Kier molecular flexibility index (Phi) is 3.15. The Morgan fingerprint density at radius 2 is 1.50 bits per heavy atom. The van der Waals surface area contributed by atoms with Crippen LogP contribution in [0.3, 0.4) is 0 Å². The van der Waals surface area contributed by atoms with Gasteiger partial charge in [-0.25, -0.2) is 0 Å². The van der Waals surface area contributed by atoms with E-state index in [0.29, 0.717) is 5.75 Å². The third-order valence-electron chi connectivity index (χ3n) is 2.73. The molecule has 0 saturated heterocycles. The Hall–Kier alpha value is -2.16. The number of aromatic hydroxyl groups is 2. The molecule has 3 heteroatoms. The monoisotopic (exact) mass is 244 g/mol. The van der Waals surface area contributed by atoms with Gasteiger partial charge in [-0.2, -0.15) is 0 Å². The Balaban J connectivity index is 2.26. The van der Waals surface area contributed by atoms with Crippen LogP contribution >= 0.6 is 0 Å². The second-order valence-electron chi connectivity index (χ2n) is 4.66. The number of ether oxygens (including phenoxy) is 1. The molecule has 0 saturated carbocycles. The van der Waals surface area contributed by atoms with Gasteiger partial charge in [0.15, 0.2) is 0 Å². The molecule has 2 N–H and O–H groups in total. The first-order valence-corrected chi connectivity index (χ1v) is 5.75. The molecule has 0 aliphatic rings. The summed E-state index contributed by atoms with van der Waals surface area (Å²) in [6.07, 6.45) is 0. The van der Waals surface area contributed by atoms with Gasteiger partial charge in [0.1, 0.15) is 22.8 Å². The molecule has 0 spiro atoms. The largest absolute Gasteiger partial charge is 0.508 e. The summed E-state index contributed by atoms with van der Waals surface area (Å²) in [5, 5.41) is 18.9. The highest BCUT2D eigenvalue weighted by Crippen LogP contribution is 2.30. The fourth-order valence-electron chi connectivity index (χ4n) is 1.78. The van der Waals surface area contributed by atoms with Crippen molar-refractivity contribution in [2.75, 3.05) is 0 Å². The first-order chi connectivity index (χ1) is 8.47. The van der Waals surface area contributed by atoms with Crippen LogP contribution in [0.4, 0.5) is 0 Å². The van der Waals surface area contributed by atoms with Crippen LogP contribution in [-0.2, 0) is 5.60 Å². The molecule has 2 aromatic carbocycles. The molecule has 0 unspecified atom stereocenters. The second-order valence-corrected chi connectivity index (χ2v) is 4.66. The zero-order valence-corrected chi connectivity index (χ0v) is 10.4. The quantitative estimate of drug-likeness (QED) is 0.869. The lowest BCUT2D eigenvalue weighted by molar-refractivity contribution is 0.108. The van der Waals surface area contributed by atoms with Crippen LogP contribution in [0, 0.1) is 0 Å². The van der Waals surface area contributed by atoms with Crippen LogP contribution in [0.15, 0.2) is 48.5 Å². The molecule has 0 heterocycles. The Labute approximate surface area is 106 Å². The Bertz CT molecular complexity index is 547. The number of phenolic OH excluding ortho intramolecular Hbond substituents is 2. The van der Waals surface area contributed by atoms with Gasteiger partial charge in [-0.1, -0.05) is 18.2 Å². The minimum Gasteiger partial charge on any atom is -0.508 e. The van der Waals surface area contributed by atoms with Gasteiger partial charge in [0, 0.05) is 6.07 Å².